The quantitative estimate of drug-likeness (QED) is 0.669. The summed E-state index contributed by atoms with van der Waals surface area (Å²) in [6, 6.07) is 2.26. The summed E-state index contributed by atoms with van der Waals surface area (Å²) in [6.45, 7) is 3.97. The Balaban J connectivity index is 1.92. The Morgan fingerprint density at radius 2 is 2.38 bits per heavy atom. The van der Waals surface area contributed by atoms with Gasteiger partial charge < -0.3 is 9.64 Å². The molecule has 4 heteroatoms. The highest BCUT2D eigenvalue weighted by molar-refractivity contribution is 5.79. The third kappa shape index (κ3) is 2.35. The number of hydrogen-bond acceptors (Lipinski definition) is 3. The zero-order chi connectivity index (χ0) is 11.5. The molecule has 88 valence electrons. The van der Waals surface area contributed by atoms with Crippen molar-refractivity contribution in [2.24, 2.45) is 11.8 Å². The van der Waals surface area contributed by atoms with Gasteiger partial charge in [0.2, 0.25) is 5.91 Å². The van der Waals surface area contributed by atoms with Crippen molar-refractivity contribution in [1.82, 2.24) is 4.90 Å². The van der Waals surface area contributed by atoms with Crippen LogP contribution in [-0.2, 0) is 9.53 Å². The highest BCUT2D eigenvalue weighted by atomic mass is 16.5. The van der Waals surface area contributed by atoms with Crippen LogP contribution in [0, 0.1) is 23.2 Å². The molecule has 1 amide bonds. The van der Waals surface area contributed by atoms with Gasteiger partial charge in [0.05, 0.1) is 30.6 Å². The minimum atomic E-state index is 0.0208. The third-order valence-electron chi connectivity index (χ3n) is 3.46. The van der Waals surface area contributed by atoms with Crippen LogP contribution in [0.3, 0.4) is 0 Å². The van der Waals surface area contributed by atoms with E-state index in [1.807, 2.05) is 11.8 Å². The van der Waals surface area contributed by atoms with Crippen LogP contribution in [-0.4, -0.2) is 36.6 Å². The Hall–Kier alpha value is -1.08. The molecule has 2 fully saturated rings. The van der Waals surface area contributed by atoms with Gasteiger partial charge >= 0.3 is 0 Å². The Morgan fingerprint density at radius 1 is 1.56 bits per heavy atom. The number of nitriles is 1. The predicted molar refractivity (Wildman–Crippen MR) is 58.4 cm³/mol. The van der Waals surface area contributed by atoms with Gasteiger partial charge in [-0.2, -0.15) is 5.26 Å². The fraction of sp³-hybridized carbons (Fsp3) is 0.833. The van der Waals surface area contributed by atoms with E-state index in [2.05, 4.69) is 6.07 Å². The molecule has 0 radical (unpaired) electrons. The molecule has 0 aromatic rings. The van der Waals surface area contributed by atoms with Gasteiger partial charge in [0.15, 0.2) is 0 Å². The van der Waals surface area contributed by atoms with E-state index >= 15 is 0 Å². The number of carbonyl (C=O) groups excluding carboxylic acids is 1. The number of nitrogens with zero attached hydrogens (tertiary/aromatic N) is 2. The fourth-order valence-corrected chi connectivity index (χ4v) is 2.53. The molecule has 0 spiro atoms. The van der Waals surface area contributed by atoms with Crippen molar-refractivity contribution in [2.45, 2.75) is 32.3 Å². The summed E-state index contributed by atoms with van der Waals surface area (Å²) in [5.74, 6) is 0.231. The van der Waals surface area contributed by atoms with Crippen LogP contribution in [0.15, 0.2) is 0 Å². The van der Waals surface area contributed by atoms with E-state index in [4.69, 9.17) is 10.00 Å². The second-order valence-corrected chi connectivity index (χ2v) is 4.83. The number of likely N-dealkylation sites (tertiary alicyclic amines) is 1. The second-order valence-electron chi connectivity index (χ2n) is 4.83. The number of rotatable bonds is 1. The van der Waals surface area contributed by atoms with Crippen LogP contribution < -0.4 is 0 Å². The summed E-state index contributed by atoms with van der Waals surface area (Å²) in [7, 11) is 0. The summed E-state index contributed by atoms with van der Waals surface area (Å²) in [5, 5.41) is 8.89. The molecule has 0 saturated carbocycles. The highest BCUT2D eigenvalue weighted by Crippen LogP contribution is 2.24. The lowest BCUT2D eigenvalue weighted by Gasteiger charge is -2.31. The SMILES string of the molecule is CC1CC(C(=O)N2CCCC(C#N)C2)CO1. The molecule has 3 atom stereocenters. The van der Waals surface area contributed by atoms with Crippen molar-refractivity contribution in [1.29, 1.82) is 5.26 Å². The molecule has 0 bridgehead atoms. The Bertz CT molecular complexity index is 311. The van der Waals surface area contributed by atoms with E-state index in [0.717, 1.165) is 25.8 Å². The van der Waals surface area contributed by atoms with Gasteiger partial charge in [-0.1, -0.05) is 0 Å². The predicted octanol–water partition coefficient (Wildman–Crippen LogP) is 1.17. The topological polar surface area (TPSA) is 53.3 Å². The maximum Gasteiger partial charge on any atom is 0.228 e. The minimum absolute atomic E-state index is 0.0208. The van der Waals surface area contributed by atoms with Gasteiger partial charge in [-0.05, 0) is 26.2 Å². The van der Waals surface area contributed by atoms with Crippen LogP contribution in [0.2, 0.25) is 0 Å². The van der Waals surface area contributed by atoms with Crippen molar-refractivity contribution in [2.75, 3.05) is 19.7 Å². The average molecular weight is 222 g/mol. The van der Waals surface area contributed by atoms with Crippen LogP contribution in [0.1, 0.15) is 26.2 Å². The van der Waals surface area contributed by atoms with Crippen LogP contribution >= 0.6 is 0 Å². The number of amides is 1. The van der Waals surface area contributed by atoms with E-state index in [1.165, 1.54) is 0 Å². The lowest BCUT2D eigenvalue weighted by molar-refractivity contribution is -0.136. The van der Waals surface area contributed by atoms with Crippen molar-refractivity contribution >= 4 is 5.91 Å². The van der Waals surface area contributed by atoms with Crippen molar-refractivity contribution in [3.8, 4) is 6.07 Å². The average Bonchev–Trinajstić information content (AvgIpc) is 2.75. The lowest BCUT2D eigenvalue weighted by Crippen LogP contribution is -2.43. The van der Waals surface area contributed by atoms with Crippen LogP contribution in [0.25, 0.3) is 0 Å². The van der Waals surface area contributed by atoms with Gasteiger partial charge in [0, 0.05) is 13.1 Å². The summed E-state index contributed by atoms with van der Waals surface area (Å²) in [4.78, 5) is 14.0. The summed E-state index contributed by atoms with van der Waals surface area (Å²) in [6.07, 6.45) is 2.91. The van der Waals surface area contributed by atoms with Crippen LogP contribution in [0.5, 0.6) is 0 Å². The largest absolute Gasteiger partial charge is 0.378 e. The van der Waals surface area contributed by atoms with E-state index in [0.29, 0.717) is 13.2 Å². The van der Waals surface area contributed by atoms with Crippen molar-refractivity contribution < 1.29 is 9.53 Å². The highest BCUT2D eigenvalue weighted by Gasteiger charge is 2.33. The Morgan fingerprint density at radius 3 is 3.00 bits per heavy atom. The summed E-state index contributed by atoms with van der Waals surface area (Å²) < 4.78 is 5.42. The molecule has 0 N–H and O–H groups in total. The first-order valence-electron chi connectivity index (χ1n) is 6.00. The van der Waals surface area contributed by atoms with Gasteiger partial charge in [-0.3, -0.25) is 4.79 Å². The number of ether oxygens (including phenoxy) is 1. The van der Waals surface area contributed by atoms with E-state index < -0.39 is 0 Å². The smallest absolute Gasteiger partial charge is 0.228 e. The molecule has 4 nitrogen and oxygen atoms in total. The summed E-state index contributed by atoms with van der Waals surface area (Å²) >= 11 is 0. The van der Waals surface area contributed by atoms with Gasteiger partial charge in [-0.25, -0.2) is 0 Å². The lowest BCUT2D eigenvalue weighted by atomic mass is 9.97. The van der Waals surface area contributed by atoms with E-state index in [1.54, 1.807) is 0 Å². The van der Waals surface area contributed by atoms with E-state index in [-0.39, 0.29) is 23.8 Å². The van der Waals surface area contributed by atoms with Gasteiger partial charge in [0.1, 0.15) is 0 Å². The maximum atomic E-state index is 12.1. The zero-order valence-electron chi connectivity index (χ0n) is 9.69. The molecule has 2 aliphatic rings. The zero-order valence-corrected chi connectivity index (χ0v) is 9.69. The fourth-order valence-electron chi connectivity index (χ4n) is 2.53. The maximum absolute atomic E-state index is 12.1. The molecule has 0 aliphatic carbocycles. The van der Waals surface area contributed by atoms with Gasteiger partial charge in [-0.15, -0.1) is 0 Å². The van der Waals surface area contributed by atoms with Crippen molar-refractivity contribution in [3.63, 3.8) is 0 Å². The monoisotopic (exact) mass is 222 g/mol. The molecule has 2 heterocycles. The van der Waals surface area contributed by atoms with Crippen LogP contribution in [0.4, 0.5) is 0 Å². The number of piperidine rings is 1. The molecule has 0 aromatic heterocycles. The molecular formula is C12H18N2O2. The van der Waals surface area contributed by atoms with Gasteiger partial charge in [0.25, 0.3) is 0 Å². The second kappa shape index (κ2) is 4.84. The third-order valence-corrected chi connectivity index (χ3v) is 3.46. The molecule has 3 unspecified atom stereocenters. The molecule has 2 saturated heterocycles. The molecule has 2 aliphatic heterocycles. The molecule has 16 heavy (non-hydrogen) atoms. The number of carbonyl (C=O) groups is 1. The standard InChI is InChI=1S/C12H18N2O2/c1-9-5-11(8-16-9)12(15)14-4-2-3-10(6-13)7-14/h9-11H,2-5,7-8H2,1H3. The summed E-state index contributed by atoms with van der Waals surface area (Å²) in [5.41, 5.74) is 0. The number of hydrogen-bond donors (Lipinski definition) is 0. The van der Waals surface area contributed by atoms with E-state index in [9.17, 15) is 4.79 Å². The van der Waals surface area contributed by atoms with Crippen molar-refractivity contribution in [3.05, 3.63) is 0 Å². The molecule has 0 aromatic carbocycles. The Labute approximate surface area is 96.2 Å². The molecular weight excluding hydrogens is 204 g/mol. The Kier molecular flexibility index (Phi) is 3.45. The molecule has 2 rings (SSSR count). The minimum Gasteiger partial charge on any atom is -0.378 e. The first kappa shape index (κ1) is 11.4. The first-order valence-corrected chi connectivity index (χ1v) is 6.00. The normalized spacial score (nSPS) is 34.8. The first-order chi connectivity index (χ1) is 7.70.